The first kappa shape index (κ1) is 11.6. The van der Waals surface area contributed by atoms with Gasteiger partial charge in [0.1, 0.15) is 5.82 Å². The topological polar surface area (TPSA) is 47.1 Å². The van der Waals surface area contributed by atoms with Crippen LogP contribution in [0.3, 0.4) is 0 Å². The average Bonchev–Trinajstić information content (AvgIpc) is 2.99. The lowest BCUT2D eigenvalue weighted by Crippen LogP contribution is -2.48. The summed E-state index contributed by atoms with van der Waals surface area (Å²) in [5.41, 5.74) is 6.00. The molecule has 2 atom stereocenters. The molecule has 2 aliphatic heterocycles. The van der Waals surface area contributed by atoms with E-state index in [1.165, 1.54) is 23.8 Å². The van der Waals surface area contributed by atoms with Gasteiger partial charge in [0, 0.05) is 38.1 Å². The predicted molar refractivity (Wildman–Crippen MR) is 70.9 cm³/mol. The van der Waals surface area contributed by atoms with Crippen LogP contribution in [0.5, 0.6) is 0 Å². The molecule has 0 spiro atoms. The molecule has 1 aromatic heterocycles. The molecule has 94 valence electrons. The number of hydrogen-bond acceptors (Lipinski definition) is 4. The Morgan fingerprint density at radius 1 is 1.53 bits per heavy atom. The van der Waals surface area contributed by atoms with Gasteiger partial charge in [-0.25, -0.2) is 4.98 Å². The summed E-state index contributed by atoms with van der Waals surface area (Å²) in [5, 5.41) is 0. The van der Waals surface area contributed by atoms with E-state index in [1.54, 1.807) is 0 Å². The minimum Gasteiger partial charge on any atom is -0.333 e. The molecule has 0 radical (unpaired) electrons. The van der Waals surface area contributed by atoms with Crippen LogP contribution in [0.1, 0.15) is 12.2 Å². The maximum absolute atomic E-state index is 6.00. The summed E-state index contributed by atoms with van der Waals surface area (Å²) < 4.78 is 2.26. The molecular weight excluding hydrogens is 232 g/mol. The summed E-state index contributed by atoms with van der Waals surface area (Å²) in [6, 6.07) is 0.551. The van der Waals surface area contributed by atoms with Crippen molar-refractivity contribution in [1.29, 1.82) is 0 Å². The number of nitrogens with two attached hydrogens (primary N) is 1. The minimum absolute atomic E-state index is 0.551. The van der Waals surface area contributed by atoms with Gasteiger partial charge in [0.15, 0.2) is 0 Å². The Morgan fingerprint density at radius 3 is 3.24 bits per heavy atom. The normalized spacial score (nSPS) is 27.0. The number of aromatic nitrogens is 2. The molecule has 1 fully saturated rings. The van der Waals surface area contributed by atoms with Crippen LogP contribution in [-0.2, 0) is 13.1 Å². The molecule has 0 aromatic carbocycles. The van der Waals surface area contributed by atoms with Gasteiger partial charge in [-0.05, 0) is 23.8 Å². The van der Waals surface area contributed by atoms with Crippen molar-refractivity contribution in [2.75, 3.05) is 24.6 Å². The zero-order valence-electron chi connectivity index (χ0n) is 10.1. The van der Waals surface area contributed by atoms with Crippen LogP contribution in [0.15, 0.2) is 12.4 Å². The van der Waals surface area contributed by atoms with E-state index in [-0.39, 0.29) is 0 Å². The summed E-state index contributed by atoms with van der Waals surface area (Å²) in [4.78, 5) is 6.97. The second-order valence-corrected chi connectivity index (χ2v) is 6.08. The first-order valence-electron chi connectivity index (χ1n) is 6.40. The fourth-order valence-electron chi connectivity index (χ4n) is 2.97. The van der Waals surface area contributed by atoms with Crippen molar-refractivity contribution in [3.05, 3.63) is 18.2 Å². The number of nitrogens with zero attached hydrogens (tertiary/aromatic N) is 3. The van der Waals surface area contributed by atoms with Crippen LogP contribution in [0.4, 0.5) is 0 Å². The van der Waals surface area contributed by atoms with Crippen molar-refractivity contribution in [3.63, 3.8) is 0 Å². The van der Waals surface area contributed by atoms with Crippen molar-refractivity contribution in [3.8, 4) is 0 Å². The third kappa shape index (κ3) is 2.23. The molecule has 5 heteroatoms. The summed E-state index contributed by atoms with van der Waals surface area (Å²) in [7, 11) is 0. The second-order valence-electron chi connectivity index (χ2n) is 4.93. The number of thioether (sulfide) groups is 1. The zero-order valence-corrected chi connectivity index (χ0v) is 10.9. The lowest BCUT2D eigenvalue weighted by Gasteiger charge is -2.37. The van der Waals surface area contributed by atoms with Gasteiger partial charge in [0.2, 0.25) is 0 Å². The summed E-state index contributed by atoms with van der Waals surface area (Å²) in [6.07, 6.45) is 5.31. The van der Waals surface area contributed by atoms with Gasteiger partial charge < -0.3 is 10.3 Å². The predicted octanol–water partition coefficient (Wildman–Crippen LogP) is 0.779. The standard InChI is InChI=1S/C12H20N4S/c13-7-11(10-1-6-17-9-10)16-5-4-15-3-2-14-12(15)8-16/h2-3,10-11H,1,4-9,13H2. The fourth-order valence-corrected chi connectivity index (χ4v) is 4.30. The largest absolute Gasteiger partial charge is 0.333 e. The molecule has 0 bridgehead atoms. The average molecular weight is 252 g/mol. The van der Waals surface area contributed by atoms with Gasteiger partial charge >= 0.3 is 0 Å². The van der Waals surface area contributed by atoms with Crippen molar-refractivity contribution in [1.82, 2.24) is 14.5 Å². The molecule has 0 aliphatic carbocycles. The van der Waals surface area contributed by atoms with Crippen LogP contribution in [0, 0.1) is 5.92 Å². The summed E-state index contributed by atoms with van der Waals surface area (Å²) >= 11 is 2.07. The highest BCUT2D eigenvalue weighted by molar-refractivity contribution is 7.99. The fraction of sp³-hybridized carbons (Fsp3) is 0.750. The zero-order chi connectivity index (χ0) is 11.7. The number of rotatable bonds is 3. The summed E-state index contributed by atoms with van der Waals surface area (Å²) in [6.45, 7) is 3.93. The Bertz CT molecular complexity index is 372. The first-order chi connectivity index (χ1) is 8.38. The van der Waals surface area contributed by atoms with E-state index in [0.717, 1.165) is 32.1 Å². The molecule has 3 heterocycles. The lowest BCUT2D eigenvalue weighted by molar-refractivity contribution is 0.119. The van der Waals surface area contributed by atoms with Gasteiger partial charge in [-0.3, -0.25) is 4.90 Å². The molecule has 3 rings (SSSR count). The van der Waals surface area contributed by atoms with Gasteiger partial charge in [-0.15, -0.1) is 0 Å². The third-order valence-corrected chi connectivity index (χ3v) is 5.18. The Labute approximate surface area is 107 Å². The van der Waals surface area contributed by atoms with Crippen molar-refractivity contribution < 1.29 is 0 Å². The van der Waals surface area contributed by atoms with Crippen LogP contribution >= 0.6 is 11.8 Å². The number of imidazole rings is 1. The molecule has 1 aromatic rings. The quantitative estimate of drug-likeness (QED) is 0.863. The molecule has 17 heavy (non-hydrogen) atoms. The van der Waals surface area contributed by atoms with E-state index in [0.29, 0.717) is 6.04 Å². The highest BCUT2D eigenvalue weighted by Crippen LogP contribution is 2.29. The molecule has 1 saturated heterocycles. The molecule has 4 nitrogen and oxygen atoms in total. The smallest absolute Gasteiger partial charge is 0.122 e. The molecule has 0 amide bonds. The number of hydrogen-bond donors (Lipinski definition) is 1. The van der Waals surface area contributed by atoms with E-state index >= 15 is 0 Å². The summed E-state index contributed by atoms with van der Waals surface area (Å²) in [5.74, 6) is 4.57. The van der Waals surface area contributed by atoms with E-state index in [9.17, 15) is 0 Å². The highest BCUT2D eigenvalue weighted by Gasteiger charge is 2.31. The maximum Gasteiger partial charge on any atom is 0.122 e. The van der Waals surface area contributed by atoms with Crippen molar-refractivity contribution in [2.24, 2.45) is 11.7 Å². The van der Waals surface area contributed by atoms with E-state index < -0.39 is 0 Å². The van der Waals surface area contributed by atoms with Gasteiger partial charge in [-0.2, -0.15) is 11.8 Å². The molecular formula is C12H20N4S. The van der Waals surface area contributed by atoms with Crippen molar-refractivity contribution >= 4 is 11.8 Å². The minimum atomic E-state index is 0.551. The molecule has 0 saturated carbocycles. The van der Waals surface area contributed by atoms with E-state index in [1.807, 2.05) is 6.20 Å². The van der Waals surface area contributed by atoms with Crippen LogP contribution in [0.2, 0.25) is 0 Å². The second kappa shape index (κ2) is 5.00. The van der Waals surface area contributed by atoms with Crippen molar-refractivity contribution in [2.45, 2.75) is 25.6 Å². The molecule has 2 unspecified atom stereocenters. The van der Waals surface area contributed by atoms with Gasteiger partial charge in [0.05, 0.1) is 6.54 Å². The van der Waals surface area contributed by atoms with E-state index in [2.05, 4.69) is 32.4 Å². The maximum atomic E-state index is 6.00. The third-order valence-electron chi connectivity index (χ3n) is 3.99. The van der Waals surface area contributed by atoms with Crippen LogP contribution in [0.25, 0.3) is 0 Å². The molecule has 2 aliphatic rings. The number of fused-ring (bicyclic) bond motifs is 1. The van der Waals surface area contributed by atoms with Gasteiger partial charge in [-0.1, -0.05) is 0 Å². The lowest BCUT2D eigenvalue weighted by atomic mass is 9.97. The first-order valence-corrected chi connectivity index (χ1v) is 7.56. The van der Waals surface area contributed by atoms with E-state index in [4.69, 9.17) is 5.73 Å². The Hall–Kier alpha value is -0.520. The molecule has 2 N–H and O–H groups in total. The van der Waals surface area contributed by atoms with Crippen LogP contribution < -0.4 is 5.73 Å². The Morgan fingerprint density at radius 2 is 2.47 bits per heavy atom. The van der Waals surface area contributed by atoms with Gasteiger partial charge in [0.25, 0.3) is 0 Å². The van der Waals surface area contributed by atoms with Crippen LogP contribution in [-0.4, -0.2) is 45.1 Å². The SMILES string of the molecule is NCC(C1CCSC1)N1CCn2ccnc2C1. The Balaban J connectivity index is 1.71. The monoisotopic (exact) mass is 252 g/mol. The highest BCUT2D eigenvalue weighted by atomic mass is 32.2. The Kier molecular flexibility index (Phi) is 3.40.